The topological polar surface area (TPSA) is 26.3 Å². The molecule has 2 nitrogen and oxygen atoms in total. The molecule has 0 aromatic heterocycles. The minimum Gasteiger partial charge on any atom is -0.464 e. The summed E-state index contributed by atoms with van der Waals surface area (Å²) in [7, 11) is 0. The third-order valence-corrected chi connectivity index (χ3v) is 3.15. The first-order valence-corrected chi connectivity index (χ1v) is 3.97. The highest BCUT2D eigenvalue weighted by molar-refractivity contribution is 6.35. The average molecular weight is 161 g/mol. The molecule has 56 valence electrons. The predicted octanol–water partition coefficient (Wildman–Crippen LogP) is 1.32. The summed E-state index contributed by atoms with van der Waals surface area (Å²) >= 11 is 6.04. The van der Waals surface area contributed by atoms with Crippen LogP contribution in [-0.2, 0) is 9.53 Å². The van der Waals surface area contributed by atoms with Crippen LogP contribution in [-0.4, -0.2) is 17.5 Å². The molecule has 0 aromatic carbocycles. The Hall–Kier alpha value is -0.240. The number of halogens is 1. The normalized spacial score (nSPS) is 45.3. The van der Waals surface area contributed by atoms with E-state index in [0.717, 1.165) is 19.3 Å². The van der Waals surface area contributed by atoms with Gasteiger partial charge in [-0.3, -0.25) is 4.79 Å². The summed E-state index contributed by atoms with van der Waals surface area (Å²) in [5.41, 5.74) is 0. The second-order valence-electron chi connectivity index (χ2n) is 3.05. The van der Waals surface area contributed by atoms with Crippen molar-refractivity contribution in [1.29, 1.82) is 0 Å². The maximum atomic E-state index is 11.0. The van der Waals surface area contributed by atoms with Gasteiger partial charge in [-0.05, 0) is 12.8 Å². The number of ether oxygens (including phenoxy) is 1. The van der Waals surface area contributed by atoms with E-state index < -0.39 is 4.87 Å². The van der Waals surface area contributed by atoms with Crippen LogP contribution in [0.2, 0.25) is 0 Å². The van der Waals surface area contributed by atoms with E-state index in [-0.39, 0.29) is 5.97 Å². The highest BCUT2D eigenvalue weighted by Crippen LogP contribution is 2.45. The Morgan fingerprint density at radius 3 is 3.20 bits per heavy atom. The Bertz CT molecular complexity index is 180. The fourth-order valence-electron chi connectivity index (χ4n) is 1.82. The molecule has 0 aromatic rings. The Balaban J connectivity index is 2.30. The lowest BCUT2D eigenvalue weighted by atomic mass is 9.99. The third kappa shape index (κ3) is 0.628. The molecule has 1 aliphatic carbocycles. The first kappa shape index (κ1) is 6.47. The van der Waals surface area contributed by atoms with Crippen LogP contribution in [0.5, 0.6) is 0 Å². The zero-order valence-electron chi connectivity index (χ0n) is 5.60. The molecule has 0 amide bonds. The molecular formula is C7H9ClO2. The smallest absolute Gasteiger partial charge is 0.327 e. The fourth-order valence-corrected chi connectivity index (χ4v) is 2.18. The maximum Gasteiger partial charge on any atom is 0.327 e. The van der Waals surface area contributed by atoms with Crippen LogP contribution in [0.15, 0.2) is 0 Å². The molecule has 1 aliphatic heterocycles. The van der Waals surface area contributed by atoms with E-state index in [1.165, 1.54) is 0 Å². The number of carbonyl (C=O) groups excluding carboxylic acids is 1. The molecule has 2 atom stereocenters. The highest BCUT2D eigenvalue weighted by Gasteiger charge is 2.53. The summed E-state index contributed by atoms with van der Waals surface area (Å²) in [5.74, 6) is 0.0957. The standard InChI is InChI=1S/C7H9ClO2/c8-7-3-1-2-5(7)4-10-6(7)9/h5H,1-4H2/t5-,7+/m0/s1. The van der Waals surface area contributed by atoms with Crippen molar-refractivity contribution >= 4 is 17.6 Å². The van der Waals surface area contributed by atoms with E-state index in [4.69, 9.17) is 16.3 Å². The summed E-state index contributed by atoms with van der Waals surface area (Å²) in [5, 5.41) is 0. The van der Waals surface area contributed by atoms with Gasteiger partial charge in [-0.1, -0.05) is 6.42 Å². The first-order valence-electron chi connectivity index (χ1n) is 3.59. The van der Waals surface area contributed by atoms with E-state index >= 15 is 0 Å². The highest BCUT2D eigenvalue weighted by atomic mass is 35.5. The third-order valence-electron chi connectivity index (χ3n) is 2.50. The van der Waals surface area contributed by atoms with E-state index in [2.05, 4.69) is 0 Å². The molecule has 0 spiro atoms. The molecule has 0 N–H and O–H groups in total. The van der Waals surface area contributed by atoms with Crippen molar-refractivity contribution < 1.29 is 9.53 Å². The van der Waals surface area contributed by atoms with Crippen LogP contribution >= 0.6 is 11.6 Å². The number of fused-ring (bicyclic) bond motifs is 1. The summed E-state index contributed by atoms with van der Waals surface area (Å²) in [6, 6.07) is 0. The minimum atomic E-state index is -0.625. The van der Waals surface area contributed by atoms with Crippen LogP contribution in [0.1, 0.15) is 19.3 Å². The van der Waals surface area contributed by atoms with Crippen LogP contribution in [0, 0.1) is 5.92 Å². The van der Waals surface area contributed by atoms with Crippen molar-refractivity contribution in [1.82, 2.24) is 0 Å². The summed E-state index contributed by atoms with van der Waals surface area (Å²) < 4.78 is 4.85. The molecule has 0 bridgehead atoms. The van der Waals surface area contributed by atoms with Gasteiger partial charge in [0.2, 0.25) is 0 Å². The van der Waals surface area contributed by atoms with Gasteiger partial charge in [-0.2, -0.15) is 0 Å². The minimum absolute atomic E-state index is 0.198. The molecule has 2 fully saturated rings. The molecular weight excluding hydrogens is 152 g/mol. The Kier molecular flexibility index (Phi) is 1.21. The fraction of sp³-hybridized carbons (Fsp3) is 0.857. The molecule has 2 rings (SSSR count). The largest absolute Gasteiger partial charge is 0.464 e. The van der Waals surface area contributed by atoms with Crippen molar-refractivity contribution in [2.45, 2.75) is 24.1 Å². The lowest BCUT2D eigenvalue weighted by Gasteiger charge is -2.13. The molecule has 1 saturated heterocycles. The van der Waals surface area contributed by atoms with Gasteiger partial charge in [-0.25, -0.2) is 0 Å². The van der Waals surface area contributed by atoms with Crippen LogP contribution in [0.25, 0.3) is 0 Å². The maximum absolute atomic E-state index is 11.0. The first-order chi connectivity index (χ1) is 4.73. The number of hydrogen-bond donors (Lipinski definition) is 0. The van der Waals surface area contributed by atoms with Gasteiger partial charge in [0.05, 0.1) is 6.61 Å². The second kappa shape index (κ2) is 1.88. The second-order valence-corrected chi connectivity index (χ2v) is 3.72. The molecule has 3 heteroatoms. The van der Waals surface area contributed by atoms with E-state index in [9.17, 15) is 4.79 Å². The molecule has 0 unspecified atom stereocenters. The zero-order valence-corrected chi connectivity index (χ0v) is 6.36. The van der Waals surface area contributed by atoms with Crippen molar-refractivity contribution in [3.05, 3.63) is 0 Å². The predicted molar refractivity (Wildman–Crippen MR) is 36.9 cm³/mol. The zero-order chi connectivity index (χ0) is 7.19. The lowest BCUT2D eigenvalue weighted by Crippen LogP contribution is -2.29. The SMILES string of the molecule is O=C1OC[C@@H]2CCC[C@]12Cl. The van der Waals surface area contributed by atoms with Crippen molar-refractivity contribution in [2.24, 2.45) is 5.92 Å². The van der Waals surface area contributed by atoms with Gasteiger partial charge < -0.3 is 4.74 Å². The molecule has 1 saturated carbocycles. The van der Waals surface area contributed by atoms with E-state index in [1.54, 1.807) is 0 Å². The number of hydrogen-bond acceptors (Lipinski definition) is 2. The number of carbonyl (C=O) groups is 1. The lowest BCUT2D eigenvalue weighted by molar-refractivity contribution is -0.140. The van der Waals surface area contributed by atoms with Crippen molar-refractivity contribution in [3.63, 3.8) is 0 Å². The molecule has 10 heavy (non-hydrogen) atoms. The van der Waals surface area contributed by atoms with Crippen LogP contribution in [0.3, 0.4) is 0 Å². The van der Waals surface area contributed by atoms with E-state index in [0.29, 0.717) is 12.5 Å². The molecule has 0 radical (unpaired) electrons. The molecule has 1 heterocycles. The van der Waals surface area contributed by atoms with Gasteiger partial charge in [0, 0.05) is 5.92 Å². The Morgan fingerprint density at radius 1 is 1.70 bits per heavy atom. The van der Waals surface area contributed by atoms with Crippen molar-refractivity contribution in [2.75, 3.05) is 6.61 Å². The van der Waals surface area contributed by atoms with E-state index in [1.807, 2.05) is 0 Å². The number of rotatable bonds is 0. The summed E-state index contributed by atoms with van der Waals surface area (Å²) in [6.45, 7) is 0.544. The van der Waals surface area contributed by atoms with Gasteiger partial charge >= 0.3 is 5.97 Å². The average Bonchev–Trinajstić information content (AvgIpc) is 2.36. The number of cyclic esters (lactones) is 1. The number of alkyl halides is 1. The van der Waals surface area contributed by atoms with Gasteiger partial charge in [0.15, 0.2) is 0 Å². The Labute approximate surface area is 64.5 Å². The Morgan fingerprint density at radius 2 is 2.50 bits per heavy atom. The number of esters is 1. The summed E-state index contributed by atoms with van der Waals surface area (Å²) in [4.78, 5) is 10.4. The van der Waals surface area contributed by atoms with Gasteiger partial charge in [-0.15, -0.1) is 11.6 Å². The quantitative estimate of drug-likeness (QED) is 0.395. The van der Waals surface area contributed by atoms with Crippen LogP contribution < -0.4 is 0 Å². The van der Waals surface area contributed by atoms with Crippen molar-refractivity contribution in [3.8, 4) is 0 Å². The summed E-state index contributed by atoms with van der Waals surface area (Å²) in [6.07, 6.45) is 2.93. The molecule has 2 aliphatic rings. The van der Waals surface area contributed by atoms with Gasteiger partial charge in [0.25, 0.3) is 0 Å². The van der Waals surface area contributed by atoms with Crippen LogP contribution in [0.4, 0.5) is 0 Å². The van der Waals surface area contributed by atoms with Gasteiger partial charge in [0.1, 0.15) is 4.87 Å². The monoisotopic (exact) mass is 160 g/mol.